The Balaban J connectivity index is 1.57. The molecule has 4 rings (SSSR count). The summed E-state index contributed by atoms with van der Waals surface area (Å²) in [7, 11) is 0. The van der Waals surface area contributed by atoms with Gasteiger partial charge in [-0.25, -0.2) is 4.98 Å². The number of allylic oxidation sites excluding steroid dienone is 1. The Morgan fingerprint density at radius 2 is 2.19 bits per heavy atom. The second-order valence-electron chi connectivity index (χ2n) is 8.12. The first-order valence-corrected chi connectivity index (χ1v) is 12.4. The number of thiophene rings is 1. The Hall–Kier alpha value is -2.38. The largest absolute Gasteiger partial charge is 0.349 e. The van der Waals surface area contributed by atoms with Gasteiger partial charge in [-0.2, -0.15) is 0 Å². The molecule has 1 aromatic carbocycles. The van der Waals surface area contributed by atoms with E-state index in [0.29, 0.717) is 17.6 Å². The van der Waals surface area contributed by atoms with E-state index in [2.05, 4.69) is 18.8 Å². The summed E-state index contributed by atoms with van der Waals surface area (Å²) >= 11 is 2.94. The molecule has 2 aromatic heterocycles. The van der Waals surface area contributed by atoms with Crippen molar-refractivity contribution >= 4 is 39.2 Å². The Kier molecular flexibility index (Phi) is 6.62. The van der Waals surface area contributed by atoms with Crippen LogP contribution in [0.25, 0.3) is 10.2 Å². The second-order valence-corrected chi connectivity index (χ2v) is 10.1. The highest BCUT2D eigenvalue weighted by atomic mass is 32.2. The average molecular weight is 454 g/mol. The van der Waals surface area contributed by atoms with Gasteiger partial charge in [-0.3, -0.25) is 14.2 Å². The summed E-state index contributed by atoms with van der Waals surface area (Å²) in [5.41, 5.74) is 2.22. The van der Waals surface area contributed by atoms with Crippen LogP contribution in [0.2, 0.25) is 0 Å². The monoisotopic (exact) mass is 453 g/mol. The van der Waals surface area contributed by atoms with Crippen LogP contribution >= 0.6 is 23.1 Å². The van der Waals surface area contributed by atoms with Gasteiger partial charge in [-0.15, -0.1) is 17.9 Å². The molecule has 0 fully saturated rings. The molecule has 1 amide bonds. The number of aryl methyl sites for hydroxylation is 1. The molecular formula is C24H27N3O2S2. The minimum Gasteiger partial charge on any atom is -0.349 e. The molecule has 162 valence electrons. The number of thioether (sulfide) groups is 1. The molecule has 0 spiro atoms. The Labute approximate surface area is 190 Å². The van der Waals surface area contributed by atoms with Crippen molar-refractivity contribution in [2.75, 3.05) is 5.75 Å². The first-order chi connectivity index (χ1) is 15.0. The average Bonchev–Trinajstić information content (AvgIpc) is 3.12. The first kappa shape index (κ1) is 21.8. The van der Waals surface area contributed by atoms with Crippen molar-refractivity contribution in [1.82, 2.24) is 14.9 Å². The minimum atomic E-state index is -0.0832. The van der Waals surface area contributed by atoms with Crippen LogP contribution in [0.5, 0.6) is 0 Å². The van der Waals surface area contributed by atoms with Gasteiger partial charge in [0.15, 0.2) is 5.16 Å². The van der Waals surface area contributed by atoms with E-state index < -0.39 is 0 Å². The first-order valence-electron chi connectivity index (χ1n) is 10.6. The number of hydrogen-bond acceptors (Lipinski definition) is 5. The lowest BCUT2D eigenvalue weighted by molar-refractivity contribution is -0.119. The summed E-state index contributed by atoms with van der Waals surface area (Å²) in [6, 6.07) is 9.79. The number of hydrogen-bond donors (Lipinski definition) is 1. The predicted octanol–water partition coefficient (Wildman–Crippen LogP) is 4.74. The molecule has 0 saturated carbocycles. The normalized spacial score (nSPS) is 16.6. The number of nitrogens with one attached hydrogen (secondary N) is 1. The van der Waals surface area contributed by atoms with Crippen molar-refractivity contribution in [2.45, 2.75) is 50.9 Å². The molecule has 0 radical (unpaired) electrons. The number of nitrogens with zero attached hydrogens (tertiary/aromatic N) is 2. The Morgan fingerprint density at radius 1 is 1.42 bits per heavy atom. The van der Waals surface area contributed by atoms with Crippen molar-refractivity contribution in [2.24, 2.45) is 5.92 Å². The number of carbonyl (C=O) groups excluding carboxylic acids is 1. The number of aromatic nitrogens is 2. The van der Waals surface area contributed by atoms with Crippen LogP contribution in [-0.4, -0.2) is 21.2 Å². The lowest BCUT2D eigenvalue weighted by Crippen LogP contribution is -2.29. The van der Waals surface area contributed by atoms with Gasteiger partial charge in [-0.05, 0) is 43.2 Å². The quantitative estimate of drug-likeness (QED) is 0.319. The molecule has 5 nitrogen and oxygen atoms in total. The molecular weight excluding hydrogens is 426 g/mol. The maximum Gasteiger partial charge on any atom is 0.263 e. The summed E-state index contributed by atoms with van der Waals surface area (Å²) in [5.74, 6) is 0.759. The van der Waals surface area contributed by atoms with E-state index in [0.717, 1.165) is 35.0 Å². The van der Waals surface area contributed by atoms with Gasteiger partial charge in [0.1, 0.15) is 4.83 Å². The van der Waals surface area contributed by atoms with Crippen molar-refractivity contribution in [3.05, 3.63) is 69.3 Å². The molecule has 2 heterocycles. The molecule has 1 aliphatic carbocycles. The van der Waals surface area contributed by atoms with Gasteiger partial charge >= 0.3 is 0 Å². The SMILES string of the molecule is C=CCn1c(SCC(=O)NC(C)c2ccccc2)nc2sc3c(c2c1=O)CCC(C)C3. The lowest BCUT2D eigenvalue weighted by Gasteiger charge is -2.17. The molecule has 2 unspecified atom stereocenters. The molecule has 0 aliphatic heterocycles. The molecule has 0 saturated heterocycles. The maximum atomic E-state index is 13.3. The van der Waals surface area contributed by atoms with E-state index in [-0.39, 0.29) is 23.3 Å². The van der Waals surface area contributed by atoms with E-state index in [4.69, 9.17) is 4.98 Å². The number of amides is 1. The van der Waals surface area contributed by atoms with Crippen LogP contribution in [0.1, 0.15) is 42.3 Å². The van der Waals surface area contributed by atoms with Gasteiger partial charge in [0.25, 0.3) is 5.56 Å². The molecule has 2 atom stereocenters. The topological polar surface area (TPSA) is 64.0 Å². The van der Waals surface area contributed by atoms with Crippen LogP contribution in [0.4, 0.5) is 0 Å². The number of benzene rings is 1. The molecule has 3 aromatic rings. The zero-order chi connectivity index (χ0) is 22.0. The van der Waals surface area contributed by atoms with E-state index in [1.807, 2.05) is 37.3 Å². The summed E-state index contributed by atoms with van der Waals surface area (Å²) in [6.45, 7) is 8.40. The fourth-order valence-corrected chi connectivity index (χ4v) is 6.29. The Morgan fingerprint density at radius 3 is 2.94 bits per heavy atom. The Bertz CT molecular complexity index is 1170. The standard InChI is InChI=1S/C24H27N3O2S2/c1-4-12-27-23(29)21-18-11-10-15(2)13-19(18)31-22(21)26-24(27)30-14-20(28)25-16(3)17-8-6-5-7-9-17/h4-9,15-16H,1,10-14H2,2-3H3,(H,25,28). The maximum absolute atomic E-state index is 13.3. The third-order valence-corrected chi connectivity index (χ3v) is 7.83. The summed E-state index contributed by atoms with van der Waals surface area (Å²) in [4.78, 5) is 32.8. The number of rotatable bonds is 7. The van der Waals surface area contributed by atoms with Crippen molar-refractivity contribution < 1.29 is 4.79 Å². The van der Waals surface area contributed by atoms with Crippen LogP contribution in [0.15, 0.2) is 52.9 Å². The van der Waals surface area contributed by atoms with Crippen LogP contribution in [0, 0.1) is 5.92 Å². The summed E-state index contributed by atoms with van der Waals surface area (Å²) < 4.78 is 1.65. The molecule has 1 N–H and O–H groups in total. The predicted molar refractivity (Wildman–Crippen MR) is 129 cm³/mol. The highest BCUT2D eigenvalue weighted by Gasteiger charge is 2.24. The van der Waals surface area contributed by atoms with Crippen LogP contribution in [0.3, 0.4) is 0 Å². The van der Waals surface area contributed by atoms with E-state index in [1.54, 1.807) is 22.0 Å². The van der Waals surface area contributed by atoms with Crippen molar-refractivity contribution in [1.29, 1.82) is 0 Å². The van der Waals surface area contributed by atoms with Crippen LogP contribution in [-0.2, 0) is 24.2 Å². The highest BCUT2D eigenvalue weighted by molar-refractivity contribution is 7.99. The van der Waals surface area contributed by atoms with E-state index in [9.17, 15) is 9.59 Å². The number of carbonyl (C=O) groups is 1. The molecule has 1 aliphatic rings. The summed E-state index contributed by atoms with van der Waals surface area (Å²) in [5, 5.41) is 4.36. The van der Waals surface area contributed by atoms with Gasteiger partial charge in [-0.1, -0.05) is 55.1 Å². The minimum absolute atomic E-state index is 0.0162. The second kappa shape index (κ2) is 9.40. The van der Waals surface area contributed by atoms with Crippen LogP contribution < -0.4 is 10.9 Å². The smallest absolute Gasteiger partial charge is 0.263 e. The fourth-order valence-electron chi connectivity index (χ4n) is 4.04. The fraction of sp³-hybridized carbons (Fsp3) is 0.375. The summed E-state index contributed by atoms with van der Waals surface area (Å²) in [6.07, 6.45) is 4.76. The zero-order valence-electron chi connectivity index (χ0n) is 17.9. The molecule has 7 heteroatoms. The third-order valence-electron chi connectivity index (χ3n) is 5.70. The highest BCUT2D eigenvalue weighted by Crippen LogP contribution is 2.36. The lowest BCUT2D eigenvalue weighted by atomic mass is 9.89. The van der Waals surface area contributed by atoms with Gasteiger partial charge < -0.3 is 5.32 Å². The van der Waals surface area contributed by atoms with E-state index in [1.165, 1.54) is 22.2 Å². The zero-order valence-corrected chi connectivity index (χ0v) is 19.5. The molecule has 31 heavy (non-hydrogen) atoms. The van der Waals surface area contributed by atoms with E-state index >= 15 is 0 Å². The van der Waals surface area contributed by atoms with Crippen molar-refractivity contribution in [3.8, 4) is 0 Å². The number of fused-ring (bicyclic) bond motifs is 3. The van der Waals surface area contributed by atoms with Gasteiger partial charge in [0.05, 0.1) is 17.2 Å². The molecule has 0 bridgehead atoms. The third kappa shape index (κ3) is 4.62. The van der Waals surface area contributed by atoms with Gasteiger partial charge in [0, 0.05) is 11.4 Å². The van der Waals surface area contributed by atoms with Crippen molar-refractivity contribution in [3.63, 3.8) is 0 Å². The van der Waals surface area contributed by atoms with Gasteiger partial charge in [0.2, 0.25) is 5.91 Å².